The number of ether oxygens (including phenoxy) is 2. The number of rotatable bonds is 4. The number of aromatic nitrogens is 1. The van der Waals surface area contributed by atoms with Gasteiger partial charge in [-0.2, -0.15) is 13.2 Å². The van der Waals surface area contributed by atoms with Crippen LogP contribution in [0, 0.1) is 5.92 Å². The van der Waals surface area contributed by atoms with Gasteiger partial charge in [-0.15, -0.1) is 0 Å². The molecule has 1 aromatic heterocycles. The van der Waals surface area contributed by atoms with E-state index in [4.69, 9.17) is 9.47 Å². The van der Waals surface area contributed by atoms with E-state index in [1.165, 1.54) is 7.11 Å². The molecule has 1 aromatic rings. The zero-order valence-corrected chi connectivity index (χ0v) is 14.4. The van der Waals surface area contributed by atoms with Crippen molar-refractivity contribution in [2.24, 2.45) is 5.92 Å². The average molecular weight is 361 g/mol. The molecule has 2 amide bonds. The first-order valence-electron chi connectivity index (χ1n) is 7.99. The van der Waals surface area contributed by atoms with Gasteiger partial charge in [-0.3, -0.25) is 0 Å². The maximum absolute atomic E-state index is 12.7. The lowest BCUT2D eigenvalue weighted by Gasteiger charge is -2.36. The van der Waals surface area contributed by atoms with E-state index < -0.39 is 17.9 Å². The summed E-state index contributed by atoms with van der Waals surface area (Å²) >= 11 is 0. The van der Waals surface area contributed by atoms with Crippen LogP contribution in [-0.2, 0) is 10.9 Å². The van der Waals surface area contributed by atoms with E-state index in [2.05, 4.69) is 10.3 Å². The van der Waals surface area contributed by atoms with Gasteiger partial charge in [0.15, 0.2) is 0 Å². The molecule has 0 unspecified atom stereocenters. The molecule has 1 aliphatic heterocycles. The van der Waals surface area contributed by atoms with E-state index in [-0.39, 0.29) is 17.5 Å². The molecule has 1 fully saturated rings. The molecule has 0 radical (unpaired) electrons. The van der Waals surface area contributed by atoms with Crippen LogP contribution >= 0.6 is 0 Å². The van der Waals surface area contributed by atoms with Crippen molar-refractivity contribution in [3.05, 3.63) is 18.0 Å². The summed E-state index contributed by atoms with van der Waals surface area (Å²) in [5.74, 6) is 0.286. The fourth-order valence-corrected chi connectivity index (χ4v) is 2.70. The monoisotopic (exact) mass is 361 g/mol. The number of urea groups is 1. The molecule has 9 heteroatoms. The average Bonchev–Trinajstić information content (AvgIpc) is 2.54. The lowest BCUT2D eigenvalue weighted by molar-refractivity contribution is -0.141. The second-order valence-corrected chi connectivity index (χ2v) is 6.25. The van der Waals surface area contributed by atoms with Crippen LogP contribution in [-0.4, -0.2) is 48.8 Å². The summed E-state index contributed by atoms with van der Waals surface area (Å²) < 4.78 is 48.6. The predicted octanol–water partition coefficient (Wildman–Crippen LogP) is 3.39. The Kier molecular flexibility index (Phi) is 6.10. The fourth-order valence-electron chi connectivity index (χ4n) is 2.70. The lowest BCUT2D eigenvalue weighted by atomic mass is 10.0. The van der Waals surface area contributed by atoms with Gasteiger partial charge in [-0.1, -0.05) is 13.8 Å². The number of nitrogens with one attached hydrogen (secondary N) is 1. The van der Waals surface area contributed by atoms with Crippen molar-refractivity contribution in [2.45, 2.75) is 32.5 Å². The number of pyridine rings is 1. The summed E-state index contributed by atoms with van der Waals surface area (Å²) in [6, 6.07) is 0.275. The molecule has 6 nitrogen and oxygen atoms in total. The van der Waals surface area contributed by atoms with E-state index in [1.54, 1.807) is 4.90 Å². The van der Waals surface area contributed by atoms with Gasteiger partial charge in [-0.25, -0.2) is 9.78 Å². The number of anilines is 1. The van der Waals surface area contributed by atoms with Gasteiger partial charge in [0.2, 0.25) is 0 Å². The third-order valence-corrected chi connectivity index (χ3v) is 3.85. The van der Waals surface area contributed by atoms with Crippen LogP contribution in [0.4, 0.5) is 23.7 Å². The molecule has 1 saturated heterocycles. The third kappa shape index (κ3) is 4.97. The number of halogens is 3. The van der Waals surface area contributed by atoms with Crippen LogP contribution in [0.25, 0.3) is 0 Å². The van der Waals surface area contributed by atoms with E-state index in [9.17, 15) is 18.0 Å². The third-order valence-electron chi connectivity index (χ3n) is 3.85. The minimum Gasteiger partial charge on any atom is -0.494 e. The summed E-state index contributed by atoms with van der Waals surface area (Å²) in [4.78, 5) is 17.6. The van der Waals surface area contributed by atoms with Gasteiger partial charge in [-0.05, 0) is 12.3 Å². The number of hydrogen-bond donors (Lipinski definition) is 1. The highest BCUT2D eigenvalue weighted by Crippen LogP contribution is 2.33. The van der Waals surface area contributed by atoms with Crippen LogP contribution < -0.4 is 10.1 Å². The Hall–Kier alpha value is -2.03. The first kappa shape index (κ1) is 19.3. The highest BCUT2D eigenvalue weighted by molar-refractivity contribution is 5.91. The second-order valence-electron chi connectivity index (χ2n) is 6.25. The second kappa shape index (κ2) is 7.90. The molecule has 2 rings (SSSR count). The number of carbonyl (C=O) groups excluding carboxylic acids is 1. The predicted molar refractivity (Wildman–Crippen MR) is 85.6 cm³/mol. The minimum absolute atomic E-state index is 0.0813. The van der Waals surface area contributed by atoms with Gasteiger partial charge in [0, 0.05) is 12.6 Å². The molecule has 1 N–H and O–H groups in total. The molecule has 2 heterocycles. The van der Waals surface area contributed by atoms with Crippen molar-refractivity contribution in [3.8, 4) is 5.75 Å². The Labute approximate surface area is 144 Å². The van der Waals surface area contributed by atoms with E-state index >= 15 is 0 Å². The van der Waals surface area contributed by atoms with Gasteiger partial charge >= 0.3 is 12.2 Å². The quantitative estimate of drug-likeness (QED) is 0.893. The fraction of sp³-hybridized carbons (Fsp3) is 0.625. The first-order valence-corrected chi connectivity index (χ1v) is 7.99. The van der Waals surface area contributed by atoms with Crippen LogP contribution in [0.1, 0.15) is 26.0 Å². The number of hydrogen-bond acceptors (Lipinski definition) is 4. The number of morpholine rings is 1. The zero-order chi connectivity index (χ0) is 18.6. The van der Waals surface area contributed by atoms with Crippen molar-refractivity contribution in [1.82, 2.24) is 9.88 Å². The zero-order valence-electron chi connectivity index (χ0n) is 14.4. The minimum atomic E-state index is -4.58. The standard InChI is InChI=1S/C16H22F3N3O3/c1-10(2)6-11-9-25-5-4-22(11)15(23)21-12-8-20-14(16(17,18)19)7-13(12)24-3/h7-8,10-11H,4-6,9H2,1-3H3,(H,21,23)/t11-/m1/s1. The SMILES string of the molecule is COc1cc(C(F)(F)F)ncc1NC(=O)N1CCOC[C@H]1CC(C)C. The van der Waals surface area contributed by atoms with Crippen molar-refractivity contribution in [2.75, 3.05) is 32.2 Å². The highest BCUT2D eigenvalue weighted by atomic mass is 19.4. The molecule has 1 aliphatic rings. The smallest absolute Gasteiger partial charge is 0.433 e. The summed E-state index contributed by atoms with van der Waals surface area (Å²) in [5.41, 5.74) is -0.985. The van der Waals surface area contributed by atoms with Crippen LogP contribution in [0.5, 0.6) is 5.75 Å². The maximum Gasteiger partial charge on any atom is 0.433 e. The molecule has 0 bridgehead atoms. The molecular formula is C16H22F3N3O3. The number of carbonyl (C=O) groups is 1. The Morgan fingerprint density at radius 1 is 1.52 bits per heavy atom. The summed E-state index contributed by atoms with van der Waals surface area (Å²) in [5, 5.41) is 2.59. The number of nitrogens with zero attached hydrogens (tertiary/aromatic N) is 2. The maximum atomic E-state index is 12.7. The van der Waals surface area contributed by atoms with Crippen molar-refractivity contribution < 1.29 is 27.4 Å². The van der Waals surface area contributed by atoms with Gasteiger partial charge < -0.3 is 19.7 Å². The van der Waals surface area contributed by atoms with Gasteiger partial charge in [0.25, 0.3) is 0 Å². The summed E-state index contributed by atoms with van der Waals surface area (Å²) in [6.45, 7) is 5.37. The van der Waals surface area contributed by atoms with Crippen molar-refractivity contribution >= 4 is 11.7 Å². The van der Waals surface area contributed by atoms with E-state index in [0.29, 0.717) is 25.7 Å². The van der Waals surface area contributed by atoms with Gasteiger partial charge in [0.05, 0.1) is 32.6 Å². The van der Waals surface area contributed by atoms with Gasteiger partial charge in [0.1, 0.15) is 17.1 Å². The topological polar surface area (TPSA) is 63.7 Å². The number of alkyl halides is 3. The molecule has 0 spiro atoms. The molecule has 1 atom stereocenters. The molecule has 0 aliphatic carbocycles. The van der Waals surface area contributed by atoms with Crippen LogP contribution in [0.2, 0.25) is 0 Å². The lowest BCUT2D eigenvalue weighted by Crippen LogP contribution is -2.50. The Morgan fingerprint density at radius 3 is 2.84 bits per heavy atom. The summed E-state index contributed by atoms with van der Waals surface area (Å²) in [7, 11) is 1.24. The molecule has 140 valence electrons. The highest BCUT2D eigenvalue weighted by Gasteiger charge is 2.34. The largest absolute Gasteiger partial charge is 0.494 e. The molecule has 0 aromatic carbocycles. The first-order chi connectivity index (χ1) is 11.7. The van der Waals surface area contributed by atoms with E-state index in [1.807, 2.05) is 13.8 Å². The Morgan fingerprint density at radius 2 is 2.24 bits per heavy atom. The van der Waals surface area contributed by atoms with Crippen LogP contribution in [0.15, 0.2) is 12.3 Å². The Balaban J connectivity index is 2.16. The Bertz CT molecular complexity index is 608. The number of amides is 2. The summed E-state index contributed by atoms with van der Waals surface area (Å²) in [6.07, 6.45) is -2.85. The molecular weight excluding hydrogens is 339 g/mol. The normalized spacial score (nSPS) is 18.4. The van der Waals surface area contributed by atoms with Crippen LogP contribution in [0.3, 0.4) is 0 Å². The number of methoxy groups -OCH3 is 1. The van der Waals surface area contributed by atoms with E-state index in [0.717, 1.165) is 18.7 Å². The van der Waals surface area contributed by atoms with Crippen molar-refractivity contribution in [1.29, 1.82) is 0 Å². The molecule has 25 heavy (non-hydrogen) atoms. The molecule has 0 saturated carbocycles. The van der Waals surface area contributed by atoms with Crippen molar-refractivity contribution in [3.63, 3.8) is 0 Å².